The van der Waals surface area contributed by atoms with Crippen LogP contribution < -0.4 is 11.5 Å². The third kappa shape index (κ3) is 1.53. The van der Waals surface area contributed by atoms with Crippen molar-refractivity contribution in [1.29, 1.82) is 0 Å². The molecule has 0 radical (unpaired) electrons. The Hall–Kier alpha value is -1.16. The lowest BCUT2D eigenvalue weighted by Gasteiger charge is -2.07. The maximum atomic E-state index is 12.8. The second-order valence-electron chi connectivity index (χ2n) is 2.69. The van der Waals surface area contributed by atoms with Crippen LogP contribution in [0.3, 0.4) is 0 Å². The molecule has 1 atom stereocenters. The molecular weight excluding hydrogens is 162 g/mol. The summed E-state index contributed by atoms with van der Waals surface area (Å²) in [5.41, 5.74) is 10.4. The van der Waals surface area contributed by atoms with Crippen LogP contribution in [0.15, 0.2) is 12.1 Å². The SMILES string of the molecule is C[C@@H](N)c1cc(F)c(N)c(F)c1. The zero-order valence-electron chi connectivity index (χ0n) is 6.64. The van der Waals surface area contributed by atoms with E-state index in [2.05, 4.69) is 0 Å². The maximum Gasteiger partial charge on any atom is 0.149 e. The monoisotopic (exact) mass is 172 g/mol. The zero-order chi connectivity index (χ0) is 9.30. The van der Waals surface area contributed by atoms with Gasteiger partial charge in [0.15, 0.2) is 0 Å². The Balaban J connectivity index is 3.21. The molecule has 0 spiro atoms. The van der Waals surface area contributed by atoms with Gasteiger partial charge >= 0.3 is 0 Å². The van der Waals surface area contributed by atoms with Crippen molar-refractivity contribution in [2.45, 2.75) is 13.0 Å². The first kappa shape index (κ1) is 8.93. The van der Waals surface area contributed by atoms with Gasteiger partial charge in [-0.25, -0.2) is 8.78 Å². The molecule has 0 fully saturated rings. The molecule has 1 rings (SSSR count). The largest absolute Gasteiger partial charge is 0.394 e. The number of halogens is 2. The van der Waals surface area contributed by atoms with Crippen molar-refractivity contribution >= 4 is 5.69 Å². The summed E-state index contributed by atoms with van der Waals surface area (Å²) >= 11 is 0. The predicted molar refractivity (Wildman–Crippen MR) is 43.4 cm³/mol. The molecule has 0 saturated carbocycles. The lowest BCUT2D eigenvalue weighted by atomic mass is 10.1. The summed E-state index contributed by atoms with van der Waals surface area (Å²) in [7, 11) is 0. The molecule has 0 bridgehead atoms. The van der Waals surface area contributed by atoms with Gasteiger partial charge in [-0.05, 0) is 24.6 Å². The molecule has 0 saturated heterocycles. The zero-order valence-corrected chi connectivity index (χ0v) is 6.64. The number of hydrogen-bond acceptors (Lipinski definition) is 2. The van der Waals surface area contributed by atoms with E-state index in [1.807, 2.05) is 0 Å². The first-order chi connectivity index (χ1) is 5.52. The number of nitrogens with two attached hydrogens (primary N) is 2. The molecular formula is C8H10F2N2. The van der Waals surface area contributed by atoms with Gasteiger partial charge in [0.25, 0.3) is 0 Å². The van der Waals surface area contributed by atoms with Crippen LogP contribution in [0.2, 0.25) is 0 Å². The summed E-state index contributed by atoms with van der Waals surface area (Å²) in [5, 5.41) is 0. The van der Waals surface area contributed by atoms with Crippen molar-refractivity contribution in [1.82, 2.24) is 0 Å². The Kier molecular flexibility index (Phi) is 2.28. The second kappa shape index (κ2) is 3.06. The fourth-order valence-corrected chi connectivity index (χ4v) is 0.867. The molecule has 4 N–H and O–H groups in total. The topological polar surface area (TPSA) is 52.0 Å². The molecule has 0 aliphatic heterocycles. The highest BCUT2D eigenvalue weighted by molar-refractivity contribution is 5.43. The van der Waals surface area contributed by atoms with Gasteiger partial charge in [0.2, 0.25) is 0 Å². The minimum absolute atomic E-state index is 0.394. The number of benzene rings is 1. The summed E-state index contributed by atoms with van der Waals surface area (Å²) in [5.74, 6) is -1.52. The van der Waals surface area contributed by atoms with Gasteiger partial charge in [-0.3, -0.25) is 0 Å². The van der Waals surface area contributed by atoms with E-state index >= 15 is 0 Å². The molecule has 12 heavy (non-hydrogen) atoms. The molecule has 0 amide bonds. The summed E-state index contributed by atoms with van der Waals surface area (Å²) in [6.45, 7) is 1.64. The van der Waals surface area contributed by atoms with E-state index in [4.69, 9.17) is 11.5 Å². The van der Waals surface area contributed by atoms with Crippen molar-refractivity contribution in [3.05, 3.63) is 29.3 Å². The van der Waals surface area contributed by atoms with Crippen LogP contribution in [-0.4, -0.2) is 0 Å². The predicted octanol–water partition coefficient (Wildman–Crippen LogP) is 1.57. The average molecular weight is 172 g/mol. The fraction of sp³-hybridized carbons (Fsp3) is 0.250. The Labute approximate surface area is 69.2 Å². The minimum atomic E-state index is -0.762. The van der Waals surface area contributed by atoms with Gasteiger partial charge in [0.1, 0.15) is 17.3 Å². The van der Waals surface area contributed by atoms with Crippen molar-refractivity contribution in [2.75, 3.05) is 5.73 Å². The molecule has 0 aliphatic rings. The summed E-state index contributed by atoms with van der Waals surface area (Å²) in [4.78, 5) is 0. The van der Waals surface area contributed by atoms with Crippen LogP contribution in [0.25, 0.3) is 0 Å². The molecule has 2 nitrogen and oxygen atoms in total. The molecule has 0 heterocycles. The van der Waals surface area contributed by atoms with Crippen molar-refractivity contribution in [2.24, 2.45) is 5.73 Å². The van der Waals surface area contributed by atoms with Gasteiger partial charge in [-0.15, -0.1) is 0 Å². The van der Waals surface area contributed by atoms with E-state index in [0.717, 1.165) is 12.1 Å². The van der Waals surface area contributed by atoms with Crippen LogP contribution in [0.4, 0.5) is 14.5 Å². The highest BCUT2D eigenvalue weighted by atomic mass is 19.1. The minimum Gasteiger partial charge on any atom is -0.394 e. The van der Waals surface area contributed by atoms with Crippen LogP contribution in [0.1, 0.15) is 18.5 Å². The highest BCUT2D eigenvalue weighted by Crippen LogP contribution is 2.20. The normalized spacial score (nSPS) is 13.0. The summed E-state index contributed by atoms with van der Waals surface area (Å²) in [6.07, 6.45) is 0. The molecule has 66 valence electrons. The molecule has 0 aromatic heterocycles. The van der Waals surface area contributed by atoms with Crippen molar-refractivity contribution < 1.29 is 8.78 Å². The molecule has 4 heteroatoms. The Morgan fingerprint density at radius 2 is 1.67 bits per heavy atom. The number of rotatable bonds is 1. The van der Waals surface area contributed by atoms with Crippen LogP contribution in [-0.2, 0) is 0 Å². The van der Waals surface area contributed by atoms with E-state index in [-0.39, 0.29) is 0 Å². The van der Waals surface area contributed by atoms with Gasteiger partial charge in [-0.1, -0.05) is 0 Å². The van der Waals surface area contributed by atoms with Crippen molar-refractivity contribution in [3.8, 4) is 0 Å². The maximum absolute atomic E-state index is 12.8. The number of anilines is 1. The van der Waals surface area contributed by atoms with E-state index in [1.165, 1.54) is 0 Å². The smallest absolute Gasteiger partial charge is 0.149 e. The third-order valence-corrected chi connectivity index (χ3v) is 1.63. The van der Waals surface area contributed by atoms with Gasteiger partial charge in [0, 0.05) is 6.04 Å². The highest BCUT2D eigenvalue weighted by Gasteiger charge is 2.09. The molecule has 0 unspecified atom stereocenters. The molecule has 0 aliphatic carbocycles. The third-order valence-electron chi connectivity index (χ3n) is 1.63. The van der Waals surface area contributed by atoms with E-state index in [9.17, 15) is 8.78 Å². The first-order valence-corrected chi connectivity index (χ1v) is 3.52. The fourth-order valence-electron chi connectivity index (χ4n) is 0.867. The Morgan fingerprint density at radius 1 is 1.25 bits per heavy atom. The standard InChI is InChI=1S/C8H10F2N2/c1-4(11)5-2-6(9)8(12)7(10)3-5/h2-4H,11-12H2,1H3/t4-/m1/s1. The molecule has 1 aromatic carbocycles. The number of nitrogen functional groups attached to an aromatic ring is 1. The van der Waals surface area contributed by atoms with Crippen molar-refractivity contribution in [3.63, 3.8) is 0 Å². The number of hydrogen-bond donors (Lipinski definition) is 2. The quantitative estimate of drug-likeness (QED) is 0.631. The first-order valence-electron chi connectivity index (χ1n) is 3.52. The summed E-state index contributed by atoms with van der Waals surface area (Å²) < 4.78 is 25.6. The average Bonchev–Trinajstić information content (AvgIpc) is 1.99. The second-order valence-corrected chi connectivity index (χ2v) is 2.69. The Bertz CT molecular complexity index is 274. The summed E-state index contributed by atoms with van der Waals surface area (Å²) in [6, 6.07) is 1.89. The van der Waals surface area contributed by atoms with E-state index in [0.29, 0.717) is 5.56 Å². The van der Waals surface area contributed by atoms with Crippen LogP contribution >= 0.6 is 0 Å². The van der Waals surface area contributed by atoms with Gasteiger partial charge < -0.3 is 11.5 Å². The van der Waals surface area contributed by atoms with E-state index < -0.39 is 23.4 Å². The van der Waals surface area contributed by atoms with Gasteiger partial charge in [0.05, 0.1) is 0 Å². The lowest BCUT2D eigenvalue weighted by molar-refractivity contribution is 0.584. The van der Waals surface area contributed by atoms with Crippen LogP contribution in [0.5, 0.6) is 0 Å². The lowest BCUT2D eigenvalue weighted by Crippen LogP contribution is -2.07. The Morgan fingerprint density at radius 3 is 2.00 bits per heavy atom. The van der Waals surface area contributed by atoms with E-state index in [1.54, 1.807) is 6.92 Å². The molecule has 1 aromatic rings. The van der Waals surface area contributed by atoms with Gasteiger partial charge in [-0.2, -0.15) is 0 Å². The van der Waals surface area contributed by atoms with Crippen LogP contribution in [0, 0.1) is 11.6 Å².